The zero-order valence-corrected chi connectivity index (χ0v) is 15.7. The Morgan fingerprint density at radius 3 is 2.43 bits per heavy atom. The number of imide groups is 1. The van der Waals surface area contributed by atoms with Crippen LogP contribution in [0.3, 0.4) is 0 Å². The Morgan fingerprint density at radius 1 is 1.00 bits per heavy atom. The van der Waals surface area contributed by atoms with Gasteiger partial charge in [-0.3, -0.25) is 14.5 Å². The van der Waals surface area contributed by atoms with E-state index in [1.54, 1.807) is 42.5 Å². The molecule has 7 nitrogen and oxygen atoms in total. The number of fused-ring (bicyclic) bond motifs is 1. The summed E-state index contributed by atoms with van der Waals surface area (Å²) in [6.07, 6.45) is 0. The molecule has 0 radical (unpaired) electrons. The molecule has 0 spiro atoms. The minimum Gasteiger partial charge on any atom is -0.494 e. The van der Waals surface area contributed by atoms with Crippen LogP contribution in [0.25, 0.3) is 5.57 Å². The van der Waals surface area contributed by atoms with Crippen LogP contribution in [0.1, 0.15) is 12.5 Å². The lowest BCUT2D eigenvalue weighted by molar-refractivity contribution is -0.135. The predicted molar refractivity (Wildman–Crippen MR) is 103 cm³/mol. The van der Waals surface area contributed by atoms with Gasteiger partial charge in [0.2, 0.25) is 0 Å². The van der Waals surface area contributed by atoms with Crippen LogP contribution < -0.4 is 19.5 Å². The van der Waals surface area contributed by atoms with Crippen LogP contribution in [0.5, 0.6) is 17.2 Å². The lowest BCUT2D eigenvalue weighted by Gasteiger charge is -2.19. The topological polar surface area (TPSA) is 77.1 Å². The third kappa shape index (κ3) is 3.15. The number of carbonyl (C=O) groups is 2. The molecule has 2 aliphatic heterocycles. The Balaban J connectivity index is 1.70. The largest absolute Gasteiger partial charge is 0.494 e. The van der Waals surface area contributed by atoms with Gasteiger partial charge in [0.15, 0.2) is 11.5 Å². The van der Waals surface area contributed by atoms with Crippen LogP contribution in [-0.4, -0.2) is 43.6 Å². The molecule has 28 heavy (non-hydrogen) atoms. The minimum atomic E-state index is -0.385. The quantitative estimate of drug-likeness (QED) is 0.804. The molecular weight excluding hydrogens is 360 g/mol. The number of carbonyl (C=O) groups excluding carboxylic acids is 2. The molecule has 0 aliphatic carbocycles. The van der Waals surface area contributed by atoms with Gasteiger partial charge in [-0.05, 0) is 36.8 Å². The van der Waals surface area contributed by atoms with Crippen molar-refractivity contribution in [1.29, 1.82) is 0 Å². The number of anilines is 1. The summed E-state index contributed by atoms with van der Waals surface area (Å²) in [5.74, 6) is 1.23. The normalized spacial score (nSPS) is 15.9. The van der Waals surface area contributed by atoms with E-state index in [2.05, 4.69) is 5.32 Å². The molecule has 0 aromatic heterocycles. The van der Waals surface area contributed by atoms with E-state index in [9.17, 15) is 9.59 Å². The van der Waals surface area contributed by atoms with E-state index in [0.29, 0.717) is 53.9 Å². The highest BCUT2D eigenvalue weighted by Crippen LogP contribution is 2.35. The van der Waals surface area contributed by atoms with Crippen LogP contribution in [0.4, 0.5) is 5.69 Å². The number of nitrogens with zero attached hydrogens (tertiary/aromatic N) is 1. The van der Waals surface area contributed by atoms with Crippen LogP contribution >= 0.6 is 0 Å². The molecule has 0 unspecified atom stereocenters. The molecule has 0 atom stereocenters. The molecule has 2 heterocycles. The maximum atomic E-state index is 12.7. The maximum absolute atomic E-state index is 12.7. The number of likely N-dealkylation sites (N-methyl/N-ethyl adjacent to an activating group) is 1. The first-order valence-corrected chi connectivity index (χ1v) is 9.05. The van der Waals surface area contributed by atoms with E-state index < -0.39 is 0 Å². The molecule has 2 amide bonds. The molecule has 1 N–H and O–H groups in total. The van der Waals surface area contributed by atoms with Crippen molar-refractivity contribution in [2.75, 3.05) is 32.2 Å². The summed E-state index contributed by atoms with van der Waals surface area (Å²) >= 11 is 0. The summed E-state index contributed by atoms with van der Waals surface area (Å²) in [6, 6.07) is 12.4. The number of nitrogens with one attached hydrogen (secondary N) is 1. The van der Waals surface area contributed by atoms with Gasteiger partial charge in [-0.15, -0.1) is 0 Å². The van der Waals surface area contributed by atoms with Gasteiger partial charge in [0.05, 0.1) is 12.2 Å². The monoisotopic (exact) mass is 380 g/mol. The number of hydrogen-bond acceptors (Lipinski definition) is 6. The summed E-state index contributed by atoms with van der Waals surface area (Å²) in [5.41, 5.74) is 1.84. The first kappa shape index (κ1) is 17.9. The highest BCUT2D eigenvalue weighted by molar-refractivity contribution is 6.36. The molecule has 0 bridgehead atoms. The molecule has 2 aliphatic rings. The number of rotatable bonds is 5. The van der Waals surface area contributed by atoms with Gasteiger partial charge in [0, 0.05) is 18.8 Å². The second kappa shape index (κ2) is 7.26. The van der Waals surface area contributed by atoms with Gasteiger partial charge in [-0.2, -0.15) is 0 Å². The lowest BCUT2D eigenvalue weighted by Crippen LogP contribution is -2.27. The first-order chi connectivity index (χ1) is 13.6. The second-order valence-electron chi connectivity index (χ2n) is 6.36. The fourth-order valence-corrected chi connectivity index (χ4v) is 3.18. The van der Waals surface area contributed by atoms with Crippen LogP contribution in [0.2, 0.25) is 0 Å². The maximum Gasteiger partial charge on any atom is 0.277 e. The number of ether oxygens (including phenoxy) is 3. The van der Waals surface area contributed by atoms with Crippen molar-refractivity contribution in [3.05, 3.63) is 53.7 Å². The van der Waals surface area contributed by atoms with Gasteiger partial charge in [-0.1, -0.05) is 12.1 Å². The van der Waals surface area contributed by atoms with Crippen molar-refractivity contribution in [3.8, 4) is 17.2 Å². The van der Waals surface area contributed by atoms with Gasteiger partial charge in [-0.25, -0.2) is 0 Å². The van der Waals surface area contributed by atoms with E-state index >= 15 is 0 Å². The standard InChI is InChI=1S/C21H20N2O5/c1-3-26-15-7-4-13(5-8-15)18-19(21(25)23(2)20(18)24)22-14-6-9-16-17(12-14)28-11-10-27-16/h4-9,12,22H,3,10-11H2,1-2H3. The molecule has 144 valence electrons. The molecule has 4 rings (SSSR count). The van der Waals surface area contributed by atoms with Crippen molar-refractivity contribution < 1.29 is 23.8 Å². The van der Waals surface area contributed by atoms with Crippen LogP contribution in [0.15, 0.2) is 48.2 Å². The molecule has 2 aromatic carbocycles. The van der Waals surface area contributed by atoms with E-state index in [1.165, 1.54) is 7.05 Å². The Morgan fingerprint density at radius 2 is 1.71 bits per heavy atom. The number of benzene rings is 2. The van der Waals surface area contributed by atoms with Crippen LogP contribution in [0, 0.1) is 0 Å². The Labute approximate surface area is 162 Å². The van der Waals surface area contributed by atoms with Crippen molar-refractivity contribution in [3.63, 3.8) is 0 Å². The average molecular weight is 380 g/mol. The van der Waals surface area contributed by atoms with Gasteiger partial charge >= 0.3 is 0 Å². The highest BCUT2D eigenvalue weighted by Gasteiger charge is 2.36. The van der Waals surface area contributed by atoms with E-state index in [0.717, 1.165) is 4.90 Å². The van der Waals surface area contributed by atoms with Crippen molar-refractivity contribution in [2.24, 2.45) is 0 Å². The molecule has 0 saturated carbocycles. The summed E-state index contributed by atoms with van der Waals surface area (Å²) in [6.45, 7) is 3.43. The molecule has 7 heteroatoms. The Hall–Kier alpha value is -3.48. The fourth-order valence-electron chi connectivity index (χ4n) is 3.18. The van der Waals surface area contributed by atoms with E-state index in [1.807, 2.05) is 6.92 Å². The third-order valence-electron chi connectivity index (χ3n) is 4.55. The van der Waals surface area contributed by atoms with Gasteiger partial charge < -0.3 is 19.5 Å². The highest BCUT2D eigenvalue weighted by atomic mass is 16.6. The SMILES string of the molecule is CCOc1ccc(C2=C(Nc3ccc4c(c3)OCCO4)C(=O)N(C)C2=O)cc1. The van der Waals surface area contributed by atoms with Crippen molar-refractivity contribution in [1.82, 2.24) is 4.90 Å². The zero-order chi connectivity index (χ0) is 19.7. The van der Waals surface area contributed by atoms with Crippen molar-refractivity contribution >= 4 is 23.1 Å². The smallest absolute Gasteiger partial charge is 0.277 e. The Bertz CT molecular complexity index is 965. The van der Waals surface area contributed by atoms with E-state index in [4.69, 9.17) is 14.2 Å². The number of hydrogen-bond donors (Lipinski definition) is 1. The molecular formula is C21H20N2O5. The molecule has 0 fully saturated rings. The van der Waals surface area contributed by atoms with Gasteiger partial charge in [0.25, 0.3) is 11.8 Å². The zero-order valence-electron chi connectivity index (χ0n) is 15.7. The number of amides is 2. The average Bonchev–Trinajstić information content (AvgIpc) is 2.93. The lowest BCUT2D eigenvalue weighted by atomic mass is 10.0. The third-order valence-corrected chi connectivity index (χ3v) is 4.55. The predicted octanol–water partition coefficient (Wildman–Crippen LogP) is 2.68. The fraction of sp³-hybridized carbons (Fsp3) is 0.238. The van der Waals surface area contributed by atoms with Gasteiger partial charge in [0.1, 0.15) is 24.7 Å². The summed E-state index contributed by atoms with van der Waals surface area (Å²) in [5, 5.41) is 3.09. The first-order valence-electron chi connectivity index (χ1n) is 9.05. The van der Waals surface area contributed by atoms with E-state index in [-0.39, 0.29) is 17.5 Å². The Kier molecular flexibility index (Phi) is 4.65. The summed E-state index contributed by atoms with van der Waals surface area (Å²) in [4.78, 5) is 26.5. The second-order valence-corrected chi connectivity index (χ2v) is 6.36. The summed E-state index contributed by atoms with van der Waals surface area (Å²) in [7, 11) is 1.47. The molecule has 2 aromatic rings. The summed E-state index contributed by atoms with van der Waals surface area (Å²) < 4.78 is 16.6. The minimum absolute atomic E-state index is 0.230. The molecule has 0 saturated heterocycles. The van der Waals surface area contributed by atoms with Crippen molar-refractivity contribution in [2.45, 2.75) is 6.92 Å². The van der Waals surface area contributed by atoms with Crippen LogP contribution in [-0.2, 0) is 9.59 Å².